The number of carbonyl (C=O) groups excluding carboxylic acids is 4. The van der Waals surface area contributed by atoms with E-state index in [9.17, 15) is 24.3 Å². The van der Waals surface area contributed by atoms with Crippen LogP contribution in [-0.4, -0.2) is 60.5 Å². The first-order valence-corrected chi connectivity index (χ1v) is 9.51. The third kappa shape index (κ3) is 3.97. The van der Waals surface area contributed by atoms with Crippen LogP contribution in [0.3, 0.4) is 0 Å². The fourth-order valence-corrected chi connectivity index (χ4v) is 3.71. The van der Waals surface area contributed by atoms with Crippen LogP contribution >= 0.6 is 0 Å². The van der Waals surface area contributed by atoms with Gasteiger partial charge in [0.25, 0.3) is 0 Å². The van der Waals surface area contributed by atoms with Crippen molar-refractivity contribution in [3.05, 3.63) is 0 Å². The van der Waals surface area contributed by atoms with Crippen molar-refractivity contribution < 1.29 is 29.0 Å². The highest BCUT2D eigenvalue weighted by atomic mass is 16.5. The molecule has 160 valence electrons. The number of urea groups is 2. The zero-order valence-corrected chi connectivity index (χ0v) is 17.4. The maximum Gasteiger partial charge on any atom is 0.325 e. The second-order valence-electron chi connectivity index (χ2n) is 7.01. The fraction of sp³-hybridized carbons (Fsp3) is 0.778. The Hall–Kier alpha value is -2.20. The lowest BCUT2D eigenvalue weighted by Crippen LogP contribution is -2.64. The number of nitrogens with zero attached hydrogens (tertiary/aromatic N) is 1. The van der Waals surface area contributed by atoms with Crippen LogP contribution in [0.4, 0.5) is 9.59 Å². The van der Waals surface area contributed by atoms with Crippen LogP contribution in [0.2, 0.25) is 0 Å². The minimum absolute atomic E-state index is 0.252. The van der Waals surface area contributed by atoms with Gasteiger partial charge in [-0.3, -0.25) is 20.2 Å². The van der Waals surface area contributed by atoms with E-state index in [1.54, 1.807) is 0 Å². The SMILES string of the molecule is CCC1(CC)C(=O)NC(=O)N(C)C1O.CCC1(CC)C(=O)NC(=O)NC1OC. The molecule has 28 heavy (non-hydrogen) atoms. The van der Waals surface area contributed by atoms with Crippen molar-refractivity contribution in [2.24, 2.45) is 10.8 Å². The summed E-state index contributed by atoms with van der Waals surface area (Å²) in [6.45, 7) is 7.48. The Morgan fingerprint density at radius 2 is 1.39 bits per heavy atom. The number of carbonyl (C=O) groups is 4. The lowest BCUT2D eigenvalue weighted by molar-refractivity contribution is -0.152. The summed E-state index contributed by atoms with van der Waals surface area (Å²) in [4.78, 5) is 46.7. The van der Waals surface area contributed by atoms with Crippen LogP contribution in [-0.2, 0) is 14.3 Å². The van der Waals surface area contributed by atoms with Crippen molar-refractivity contribution in [2.45, 2.75) is 65.8 Å². The molecule has 0 aliphatic carbocycles. The van der Waals surface area contributed by atoms with E-state index < -0.39 is 35.3 Å². The molecule has 0 saturated carbocycles. The van der Waals surface area contributed by atoms with Gasteiger partial charge in [-0.05, 0) is 25.7 Å². The lowest BCUT2D eigenvalue weighted by atomic mass is 9.78. The van der Waals surface area contributed by atoms with E-state index in [-0.39, 0.29) is 11.8 Å². The molecular weight excluding hydrogens is 368 g/mol. The van der Waals surface area contributed by atoms with Gasteiger partial charge in [-0.25, -0.2) is 9.59 Å². The number of methoxy groups -OCH3 is 1. The highest BCUT2D eigenvalue weighted by Crippen LogP contribution is 2.35. The fourth-order valence-electron chi connectivity index (χ4n) is 3.71. The predicted molar refractivity (Wildman–Crippen MR) is 101 cm³/mol. The number of imide groups is 2. The Morgan fingerprint density at radius 3 is 1.82 bits per heavy atom. The molecule has 6 amide bonds. The molecule has 2 aliphatic rings. The topological polar surface area (TPSA) is 137 Å². The molecule has 2 saturated heterocycles. The summed E-state index contributed by atoms with van der Waals surface area (Å²) in [5, 5.41) is 17.0. The van der Waals surface area contributed by atoms with E-state index >= 15 is 0 Å². The summed E-state index contributed by atoms with van der Waals surface area (Å²) in [6, 6.07) is -1.03. The monoisotopic (exact) mass is 400 g/mol. The smallest absolute Gasteiger partial charge is 0.325 e. The summed E-state index contributed by atoms with van der Waals surface area (Å²) in [6.07, 6.45) is 0.724. The largest absolute Gasteiger partial charge is 0.372 e. The quantitative estimate of drug-likeness (QED) is 0.541. The Labute approximate surface area is 165 Å². The van der Waals surface area contributed by atoms with Crippen LogP contribution in [0, 0.1) is 10.8 Å². The number of aliphatic hydroxyl groups excluding tert-OH is 1. The molecule has 10 nitrogen and oxygen atoms in total. The van der Waals surface area contributed by atoms with Crippen molar-refractivity contribution in [3.8, 4) is 0 Å². The number of amides is 6. The van der Waals surface area contributed by atoms with Crippen molar-refractivity contribution in [1.29, 1.82) is 0 Å². The van der Waals surface area contributed by atoms with Crippen LogP contribution in [0.25, 0.3) is 0 Å². The molecule has 0 radical (unpaired) electrons. The summed E-state index contributed by atoms with van der Waals surface area (Å²) in [5.41, 5.74) is -1.49. The van der Waals surface area contributed by atoms with Gasteiger partial charge >= 0.3 is 12.1 Å². The Balaban J connectivity index is 0.000000280. The van der Waals surface area contributed by atoms with Crippen molar-refractivity contribution in [2.75, 3.05) is 14.2 Å². The molecule has 2 aliphatic heterocycles. The zero-order chi connectivity index (χ0) is 21.7. The van der Waals surface area contributed by atoms with E-state index in [0.717, 1.165) is 4.90 Å². The van der Waals surface area contributed by atoms with Crippen molar-refractivity contribution >= 4 is 23.9 Å². The highest BCUT2D eigenvalue weighted by molar-refractivity contribution is 6.01. The number of rotatable bonds is 5. The average Bonchev–Trinajstić information content (AvgIpc) is 2.68. The number of hydrogen-bond donors (Lipinski definition) is 4. The number of aliphatic hydroxyl groups is 1. The Bertz CT molecular complexity index is 593. The van der Waals surface area contributed by atoms with Crippen LogP contribution in [0.1, 0.15) is 53.4 Å². The minimum atomic E-state index is -1.03. The molecule has 10 heteroatoms. The average molecular weight is 400 g/mol. The molecule has 2 heterocycles. The van der Waals surface area contributed by atoms with Crippen LogP contribution < -0.4 is 16.0 Å². The van der Waals surface area contributed by atoms with Gasteiger partial charge in [-0.1, -0.05) is 27.7 Å². The molecule has 2 fully saturated rings. The van der Waals surface area contributed by atoms with Gasteiger partial charge in [0.1, 0.15) is 12.5 Å². The molecule has 4 N–H and O–H groups in total. The summed E-state index contributed by atoms with van der Waals surface area (Å²) in [5.74, 6) is -0.629. The maximum atomic E-state index is 11.7. The number of ether oxygens (including phenoxy) is 1. The van der Waals surface area contributed by atoms with E-state index in [1.165, 1.54) is 14.2 Å². The normalized spacial score (nSPS) is 25.9. The third-order valence-corrected chi connectivity index (χ3v) is 6.06. The predicted octanol–water partition coefficient (Wildman–Crippen LogP) is 0.898. The van der Waals surface area contributed by atoms with Gasteiger partial charge in [-0.2, -0.15) is 0 Å². The van der Waals surface area contributed by atoms with Crippen molar-refractivity contribution in [1.82, 2.24) is 20.9 Å². The molecular formula is C18H32N4O6. The van der Waals surface area contributed by atoms with Crippen LogP contribution in [0.15, 0.2) is 0 Å². The summed E-state index contributed by atoms with van der Waals surface area (Å²) >= 11 is 0. The van der Waals surface area contributed by atoms with E-state index in [1.807, 2.05) is 27.7 Å². The van der Waals surface area contributed by atoms with Gasteiger partial charge in [0, 0.05) is 14.2 Å². The molecule has 0 bridgehead atoms. The summed E-state index contributed by atoms with van der Waals surface area (Å²) in [7, 11) is 2.97. The molecule has 0 spiro atoms. The van der Waals surface area contributed by atoms with Gasteiger partial charge < -0.3 is 20.1 Å². The molecule has 2 unspecified atom stereocenters. The minimum Gasteiger partial charge on any atom is -0.372 e. The summed E-state index contributed by atoms with van der Waals surface area (Å²) < 4.78 is 5.14. The van der Waals surface area contributed by atoms with Gasteiger partial charge in [-0.15, -0.1) is 0 Å². The highest BCUT2D eigenvalue weighted by Gasteiger charge is 2.50. The standard InChI is InChI=1S/2C9H16N2O3/c1-4-9(5-2)6(12)10-8(13)11-7(9)14-3;1-4-9(5-2)6(12)10-8(14)11(3)7(9)13/h7H,4-5H2,1-3H3,(H2,10,11,12,13);7,13H,4-5H2,1-3H3,(H,10,12,14). The van der Waals surface area contributed by atoms with Crippen molar-refractivity contribution in [3.63, 3.8) is 0 Å². The molecule has 2 atom stereocenters. The molecule has 0 aromatic rings. The Kier molecular flexibility index (Phi) is 7.94. The Morgan fingerprint density at radius 1 is 0.929 bits per heavy atom. The van der Waals surface area contributed by atoms with Gasteiger partial charge in [0.15, 0.2) is 0 Å². The van der Waals surface area contributed by atoms with Gasteiger partial charge in [0.2, 0.25) is 11.8 Å². The molecule has 0 aromatic heterocycles. The zero-order valence-electron chi connectivity index (χ0n) is 17.4. The molecule has 0 aromatic carbocycles. The molecule has 2 rings (SSSR count). The third-order valence-electron chi connectivity index (χ3n) is 6.06. The second-order valence-corrected chi connectivity index (χ2v) is 7.01. The van der Waals surface area contributed by atoms with Crippen LogP contribution in [0.5, 0.6) is 0 Å². The van der Waals surface area contributed by atoms with E-state index in [0.29, 0.717) is 25.7 Å². The lowest BCUT2D eigenvalue weighted by Gasteiger charge is -2.43. The first-order valence-electron chi connectivity index (χ1n) is 9.51. The second kappa shape index (κ2) is 9.33. The first-order chi connectivity index (χ1) is 13.1. The number of hydrogen-bond acceptors (Lipinski definition) is 6. The van der Waals surface area contributed by atoms with E-state index in [4.69, 9.17) is 4.74 Å². The first kappa shape index (κ1) is 23.8. The number of nitrogens with one attached hydrogen (secondary N) is 3. The van der Waals surface area contributed by atoms with Gasteiger partial charge in [0.05, 0.1) is 10.8 Å². The van der Waals surface area contributed by atoms with E-state index in [2.05, 4.69) is 16.0 Å². The maximum absolute atomic E-state index is 11.7.